The summed E-state index contributed by atoms with van der Waals surface area (Å²) in [6.07, 6.45) is 8.86. The fourth-order valence-electron chi connectivity index (χ4n) is 9.51. The van der Waals surface area contributed by atoms with E-state index in [0.717, 1.165) is 35.8 Å². The molecule has 248 valence electrons. The topological polar surface area (TPSA) is 119 Å². The zero-order chi connectivity index (χ0) is 33.5. The molecule has 4 bridgehead atoms. The van der Waals surface area contributed by atoms with Crippen molar-refractivity contribution in [3.05, 3.63) is 51.6 Å². The highest BCUT2D eigenvalue weighted by atomic mass is 16.5. The zero-order valence-corrected chi connectivity index (χ0v) is 28.4. The second kappa shape index (κ2) is 11.1. The minimum absolute atomic E-state index is 0.0457. The number of aldehydes is 1. The van der Waals surface area contributed by atoms with Crippen LogP contribution in [0.15, 0.2) is 34.9 Å². The summed E-state index contributed by atoms with van der Waals surface area (Å²) in [5, 5.41) is 21.2. The van der Waals surface area contributed by atoms with Crippen LogP contribution in [0.2, 0.25) is 0 Å². The molecule has 7 atom stereocenters. The first-order valence-electron chi connectivity index (χ1n) is 16.7. The van der Waals surface area contributed by atoms with Gasteiger partial charge in [-0.2, -0.15) is 0 Å². The van der Waals surface area contributed by atoms with Crippen molar-refractivity contribution in [1.82, 2.24) is 0 Å². The molecular formula is C38H48O8. The van der Waals surface area contributed by atoms with Crippen molar-refractivity contribution in [3.8, 4) is 17.2 Å². The van der Waals surface area contributed by atoms with E-state index in [1.807, 2.05) is 27.7 Å². The lowest BCUT2D eigenvalue weighted by atomic mass is 9.37. The molecule has 0 saturated heterocycles. The molecule has 3 saturated carbocycles. The number of hydrogen-bond donors (Lipinski definition) is 2. The highest BCUT2D eigenvalue weighted by Crippen LogP contribution is 2.75. The van der Waals surface area contributed by atoms with E-state index in [2.05, 4.69) is 26.8 Å². The normalized spacial score (nSPS) is 32.0. The number of carbonyl (C=O) groups is 3. The predicted octanol–water partition coefficient (Wildman–Crippen LogP) is 7.12. The number of phenols is 1. The number of carbonyl (C=O) groups excluding carboxylic acids is 2. The number of aromatic hydroxyl groups is 1. The molecule has 4 aliphatic carbocycles. The van der Waals surface area contributed by atoms with Crippen molar-refractivity contribution >= 4 is 18.0 Å². The number of benzene rings is 1. The van der Waals surface area contributed by atoms with Gasteiger partial charge in [-0.1, -0.05) is 37.6 Å². The number of ether oxygens (including phenoxy) is 3. The van der Waals surface area contributed by atoms with Crippen molar-refractivity contribution in [2.75, 3.05) is 6.61 Å². The number of rotatable bonds is 9. The summed E-state index contributed by atoms with van der Waals surface area (Å²) >= 11 is 0. The van der Waals surface area contributed by atoms with Gasteiger partial charge in [0.15, 0.2) is 5.78 Å². The molecule has 3 fully saturated rings. The molecule has 8 nitrogen and oxygen atoms in total. The third kappa shape index (κ3) is 4.85. The molecule has 46 heavy (non-hydrogen) atoms. The van der Waals surface area contributed by atoms with Crippen molar-refractivity contribution in [2.24, 2.45) is 29.1 Å². The van der Waals surface area contributed by atoms with E-state index in [0.29, 0.717) is 42.3 Å². The van der Waals surface area contributed by atoms with E-state index in [-0.39, 0.29) is 58.0 Å². The number of ketones is 1. The van der Waals surface area contributed by atoms with Crippen LogP contribution < -0.4 is 9.47 Å². The Balaban J connectivity index is 1.45. The van der Waals surface area contributed by atoms with Crippen LogP contribution >= 0.6 is 0 Å². The molecule has 2 aliphatic heterocycles. The Hall–Kier alpha value is -3.39. The standard InChI is InChI=1S/C38H48O8/c1-19(2)11-12-22-32-28(30(41)27-26-24-13-14-38(8,46-33(22)27)34(26)36(24,4)5)29(40)23-16-21(18-39)17-25(31(23)45-32)37(6,7)44-15-9-10-20(3)35(42)43/h10-11,16,18,21,24-26,31,34,41H,9,12-15,17H2,1-8H3,(H,42,43)/b20-10-/t21-,24?,25?,26?,31-,34?,38+/m1/s1. The maximum Gasteiger partial charge on any atom is 0.330 e. The highest BCUT2D eigenvalue weighted by Gasteiger charge is 2.70. The quantitative estimate of drug-likeness (QED) is 0.128. The van der Waals surface area contributed by atoms with Gasteiger partial charge in [0.05, 0.1) is 12.2 Å². The van der Waals surface area contributed by atoms with Crippen LogP contribution in [-0.2, 0) is 20.7 Å². The fourth-order valence-corrected chi connectivity index (χ4v) is 9.51. The maximum atomic E-state index is 14.6. The third-order valence-electron chi connectivity index (χ3n) is 11.8. The average molecular weight is 633 g/mol. The Morgan fingerprint density at radius 2 is 1.87 bits per heavy atom. The molecule has 7 rings (SSSR count). The van der Waals surface area contributed by atoms with E-state index in [4.69, 9.17) is 14.2 Å². The Kier molecular flexibility index (Phi) is 7.86. The Morgan fingerprint density at radius 3 is 2.50 bits per heavy atom. The second-order valence-corrected chi connectivity index (χ2v) is 15.7. The van der Waals surface area contributed by atoms with Gasteiger partial charge in [0.2, 0.25) is 0 Å². The SMILES string of the molecule is CC(C)=CCc1c2c(c(O)c3c1O[C@@]1(C)CCC4C3C1C4(C)C)C(=O)C1=C[C@@H](C=O)CC(C(C)(C)OCC/C=C(/C)C(=O)O)[C@@H]1O2. The van der Waals surface area contributed by atoms with E-state index in [1.54, 1.807) is 19.1 Å². The smallest absolute Gasteiger partial charge is 0.330 e. The summed E-state index contributed by atoms with van der Waals surface area (Å²) in [5.41, 5.74) is 2.30. The summed E-state index contributed by atoms with van der Waals surface area (Å²) in [6.45, 7) is 16.5. The molecule has 1 aromatic rings. The van der Waals surface area contributed by atoms with Gasteiger partial charge in [0.1, 0.15) is 40.8 Å². The first-order chi connectivity index (χ1) is 21.5. The minimum Gasteiger partial charge on any atom is -0.507 e. The Morgan fingerprint density at radius 1 is 1.15 bits per heavy atom. The number of aliphatic carboxylic acids is 1. The lowest BCUT2D eigenvalue weighted by molar-refractivity contribution is -0.214. The third-order valence-corrected chi connectivity index (χ3v) is 11.8. The average Bonchev–Trinajstić information content (AvgIpc) is 2.97. The van der Waals surface area contributed by atoms with E-state index < -0.39 is 23.6 Å². The van der Waals surface area contributed by atoms with Crippen molar-refractivity contribution < 1.29 is 38.8 Å². The summed E-state index contributed by atoms with van der Waals surface area (Å²) in [5.74, 6) is -0.483. The molecule has 0 amide bonds. The molecule has 1 aromatic carbocycles. The molecule has 4 unspecified atom stereocenters. The largest absolute Gasteiger partial charge is 0.507 e. The maximum absolute atomic E-state index is 14.6. The van der Waals surface area contributed by atoms with Crippen LogP contribution in [0.5, 0.6) is 17.2 Å². The predicted molar refractivity (Wildman–Crippen MR) is 174 cm³/mol. The van der Waals surface area contributed by atoms with Gasteiger partial charge in [-0.25, -0.2) is 4.79 Å². The second-order valence-electron chi connectivity index (χ2n) is 15.7. The molecule has 6 aliphatic rings. The van der Waals surface area contributed by atoms with Gasteiger partial charge in [-0.15, -0.1) is 0 Å². The fraction of sp³-hybridized carbons (Fsp3) is 0.605. The summed E-state index contributed by atoms with van der Waals surface area (Å²) < 4.78 is 20.2. The molecule has 8 heteroatoms. The number of carboxylic acids is 1. The van der Waals surface area contributed by atoms with Gasteiger partial charge in [-0.05, 0) is 85.0 Å². The van der Waals surface area contributed by atoms with E-state index in [9.17, 15) is 24.6 Å². The highest BCUT2D eigenvalue weighted by molar-refractivity contribution is 6.15. The first-order valence-corrected chi connectivity index (χ1v) is 16.7. The molecule has 2 N–H and O–H groups in total. The van der Waals surface area contributed by atoms with E-state index >= 15 is 0 Å². The van der Waals surface area contributed by atoms with Crippen LogP contribution in [0.1, 0.15) is 108 Å². The van der Waals surface area contributed by atoms with Crippen LogP contribution in [0.4, 0.5) is 0 Å². The molecule has 2 heterocycles. The number of allylic oxidation sites excluding steroid dienone is 3. The molecular weight excluding hydrogens is 584 g/mol. The molecule has 0 aromatic heterocycles. The van der Waals surface area contributed by atoms with Gasteiger partial charge in [0.25, 0.3) is 0 Å². The van der Waals surface area contributed by atoms with E-state index in [1.165, 1.54) is 0 Å². The number of hydrogen-bond acceptors (Lipinski definition) is 7. The van der Waals surface area contributed by atoms with Crippen LogP contribution in [-0.4, -0.2) is 52.2 Å². The number of phenolic OH excluding ortho intramolecular Hbond substituents is 1. The van der Waals surface area contributed by atoms with Gasteiger partial charge < -0.3 is 29.2 Å². The lowest BCUT2D eigenvalue weighted by Crippen LogP contribution is -2.68. The van der Waals surface area contributed by atoms with Crippen LogP contribution in [0.3, 0.4) is 0 Å². The number of carboxylic acid groups (broad SMARTS) is 1. The number of fused-ring (bicyclic) bond motifs is 4. The Labute approximate surface area is 271 Å². The van der Waals surface area contributed by atoms with Crippen LogP contribution in [0, 0.1) is 29.1 Å². The summed E-state index contributed by atoms with van der Waals surface area (Å²) in [7, 11) is 0. The molecule has 0 radical (unpaired) electrons. The van der Waals surface area contributed by atoms with Crippen LogP contribution in [0.25, 0.3) is 0 Å². The van der Waals surface area contributed by atoms with Gasteiger partial charge in [0, 0.05) is 45.9 Å². The van der Waals surface area contributed by atoms with Gasteiger partial charge in [-0.3, -0.25) is 4.79 Å². The zero-order valence-electron chi connectivity index (χ0n) is 28.4. The van der Waals surface area contributed by atoms with Crippen molar-refractivity contribution in [3.63, 3.8) is 0 Å². The first kappa shape index (κ1) is 32.5. The lowest BCUT2D eigenvalue weighted by Gasteiger charge is -2.70. The summed E-state index contributed by atoms with van der Waals surface area (Å²) in [4.78, 5) is 38.0. The summed E-state index contributed by atoms with van der Waals surface area (Å²) in [6, 6.07) is 0. The minimum atomic E-state index is -0.973. The number of Topliss-reactive ketones (excluding diaryl/α,β-unsaturated/α-hetero) is 1. The monoisotopic (exact) mass is 632 g/mol. The van der Waals surface area contributed by atoms with Gasteiger partial charge >= 0.3 is 5.97 Å². The molecule has 0 spiro atoms. The van der Waals surface area contributed by atoms with Crippen molar-refractivity contribution in [2.45, 2.75) is 111 Å². The Bertz CT molecular complexity index is 1590. The van der Waals surface area contributed by atoms with Crippen molar-refractivity contribution in [1.29, 1.82) is 0 Å².